The van der Waals surface area contributed by atoms with E-state index in [4.69, 9.17) is 0 Å². The highest BCUT2D eigenvalue weighted by atomic mass is 16.2. The predicted octanol–water partition coefficient (Wildman–Crippen LogP) is 4.23. The third-order valence-corrected chi connectivity index (χ3v) is 8.52. The van der Waals surface area contributed by atoms with Gasteiger partial charge in [-0.2, -0.15) is 5.10 Å². The van der Waals surface area contributed by atoms with Crippen molar-refractivity contribution in [3.05, 3.63) is 118 Å². The van der Waals surface area contributed by atoms with Gasteiger partial charge in [-0.05, 0) is 72.9 Å². The van der Waals surface area contributed by atoms with Crippen molar-refractivity contribution in [1.29, 1.82) is 0 Å². The fraction of sp³-hybridized carbons (Fsp3) is 0.219. The molecule has 5 aromatic rings. The second-order valence-corrected chi connectivity index (χ2v) is 10.9. The van der Waals surface area contributed by atoms with E-state index < -0.39 is 0 Å². The van der Waals surface area contributed by atoms with Crippen LogP contribution in [0.3, 0.4) is 0 Å². The number of hydrogen-bond acceptors (Lipinski definition) is 5. The molecule has 2 amide bonds. The molecule has 2 aliphatic heterocycles. The summed E-state index contributed by atoms with van der Waals surface area (Å²) in [5.41, 5.74) is 5.31. The SMILES string of the molecule is Cc1ccn2c(=O)c(C(=O)N3CC4(CCN(C(=O)c5ccc(-c6ccn[nH]6)cc5)CC4)c4ccccc43)cnc2c1. The molecule has 9 heteroatoms. The highest BCUT2D eigenvalue weighted by molar-refractivity contribution is 6.07. The Hall–Kier alpha value is -5.05. The van der Waals surface area contributed by atoms with Gasteiger partial charge in [-0.15, -0.1) is 0 Å². The summed E-state index contributed by atoms with van der Waals surface area (Å²) >= 11 is 0. The average molecular weight is 545 g/mol. The molecular weight excluding hydrogens is 516 g/mol. The molecule has 1 N–H and O–H groups in total. The molecule has 0 unspecified atom stereocenters. The van der Waals surface area contributed by atoms with Crippen molar-refractivity contribution in [3.8, 4) is 11.3 Å². The summed E-state index contributed by atoms with van der Waals surface area (Å²) < 4.78 is 1.42. The van der Waals surface area contributed by atoms with E-state index in [1.807, 2.05) is 72.5 Å². The fourth-order valence-corrected chi connectivity index (χ4v) is 6.24. The van der Waals surface area contributed by atoms with Gasteiger partial charge in [0.05, 0.1) is 5.69 Å². The first-order valence-electron chi connectivity index (χ1n) is 13.7. The van der Waals surface area contributed by atoms with Gasteiger partial charge in [-0.3, -0.25) is 23.9 Å². The number of pyridine rings is 1. The molecule has 0 bridgehead atoms. The number of carbonyl (C=O) groups excluding carboxylic acids is 2. The third kappa shape index (κ3) is 4.12. The van der Waals surface area contributed by atoms with Crippen molar-refractivity contribution in [2.75, 3.05) is 24.5 Å². The predicted molar refractivity (Wildman–Crippen MR) is 155 cm³/mol. The molecule has 1 spiro atoms. The highest BCUT2D eigenvalue weighted by Gasteiger charge is 2.47. The first-order valence-corrected chi connectivity index (χ1v) is 13.7. The summed E-state index contributed by atoms with van der Waals surface area (Å²) in [7, 11) is 0. The van der Waals surface area contributed by atoms with Crippen molar-refractivity contribution in [3.63, 3.8) is 0 Å². The topological polar surface area (TPSA) is 104 Å². The smallest absolute Gasteiger partial charge is 0.270 e. The van der Waals surface area contributed by atoms with Crippen LogP contribution >= 0.6 is 0 Å². The second-order valence-electron chi connectivity index (χ2n) is 10.9. The molecule has 2 aliphatic rings. The maximum Gasteiger partial charge on any atom is 0.270 e. The van der Waals surface area contributed by atoms with Gasteiger partial charge in [0.15, 0.2) is 0 Å². The number of fused-ring (bicyclic) bond motifs is 3. The summed E-state index contributed by atoms with van der Waals surface area (Å²) in [6.07, 6.45) is 6.20. The number of aromatic nitrogens is 4. The molecular formula is C32H28N6O3. The van der Waals surface area contributed by atoms with E-state index >= 15 is 0 Å². The maximum atomic E-state index is 13.8. The lowest BCUT2D eigenvalue weighted by atomic mass is 9.74. The molecule has 0 atom stereocenters. The number of carbonyl (C=O) groups is 2. The van der Waals surface area contributed by atoms with E-state index in [1.165, 1.54) is 10.6 Å². The molecule has 1 saturated heterocycles. The van der Waals surface area contributed by atoms with Crippen LogP contribution in [0.25, 0.3) is 16.9 Å². The van der Waals surface area contributed by atoms with Crippen LogP contribution in [-0.2, 0) is 5.41 Å². The van der Waals surface area contributed by atoms with Crippen molar-refractivity contribution < 1.29 is 9.59 Å². The van der Waals surface area contributed by atoms with Gasteiger partial charge in [0.1, 0.15) is 11.2 Å². The number of nitrogens with zero attached hydrogens (tertiary/aromatic N) is 5. The Morgan fingerprint density at radius 2 is 1.73 bits per heavy atom. The number of rotatable bonds is 3. The standard InChI is InChI=1S/C32H28N6O3/c1-21-11-15-37-28(18-21)33-19-24(30(37)40)31(41)38-20-32(25-4-2-3-5-27(25)38)12-16-36(17-13-32)29(39)23-8-6-22(7-9-23)26-10-14-34-35-26/h2-11,14-15,18-19H,12-13,16-17,20H2,1H3,(H,34,35). The number of aromatic amines is 1. The molecule has 2 aromatic carbocycles. The quantitative estimate of drug-likeness (QED) is 0.366. The zero-order chi connectivity index (χ0) is 28.1. The van der Waals surface area contributed by atoms with Crippen molar-refractivity contribution in [2.24, 2.45) is 0 Å². The van der Waals surface area contributed by atoms with E-state index in [0.29, 0.717) is 30.8 Å². The first kappa shape index (κ1) is 25.0. The summed E-state index contributed by atoms with van der Waals surface area (Å²) in [5.74, 6) is -0.349. The summed E-state index contributed by atoms with van der Waals surface area (Å²) in [6, 6.07) is 21.0. The minimum atomic E-state index is -0.377. The van der Waals surface area contributed by atoms with Gasteiger partial charge in [0, 0.05) is 54.9 Å². The minimum Gasteiger partial charge on any atom is -0.339 e. The molecule has 3 aromatic heterocycles. The Labute approximate surface area is 236 Å². The summed E-state index contributed by atoms with van der Waals surface area (Å²) in [6.45, 7) is 3.55. The van der Waals surface area contributed by atoms with Crippen LogP contribution in [0.4, 0.5) is 5.69 Å². The third-order valence-electron chi connectivity index (χ3n) is 8.52. The van der Waals surface area contributed by atoms with Gasteiger partial charge < -0.3 is 9.80 Å². The largest absolute Gasteiger partial charge is 0.339 e. The molecule has 5 heterocycles. The number of aryl methyl sites for hydroxylation is 1. The number of likely N-dealkylation sites (tertiary alicyclic amines) is 1. The van der Waals surface area contributed by atoms with Gasteiger partial charge in [0.2, 0.25) is 0 Å². The monoisotopic (exact) mass is 544 g/mol. The summed E-state index contributed by atoms with van der Waals surface area (Å²) in [5, 5.41) is 6.93. The van der Waals surface area contributed by atoms with Gasteiger partial charge in [0.25, 0.3) is 17.4 Å². The van der Waals surface area contributed by atoms with E-state index in [0.717, 1.165) is 40.9 Å². The van der Waals surface area contributed by atoms with Crippen LogP contribution in [-0.4, -0.2) is 55.9 Å². The van der Waals surface area contributed by atoms with Crippen molar-refractivity contribution in [2.45, 2.75) is 25.2 Å². The van der Waals surface area contributed by atoms with Crippen LogP contribution in [0.1, 0.15) is 44.7 Å². The normalized spacial score (nSPS) is 15.8. The Morgan fingerprint density at radius 3 is 2.49 bits per heavy atom. The Bertz CT molecular complexity index is 1850. The minimum absolute atomic E-state index is 0.000668. The van der Waals surface area contributed by atoms with Crippen molar-refractivity contribution in [1.82, 2.24) is 24.5 Å². The van der Waals surface area contributed by atoms with Crippen LogP contribution < -0.4 is 10.5 Å². The first-order chi connectivity index (χ1) is 19.9. The van der Waals surface area contributed by atoms with E-state index in [-0.39, 0.29) is 28.4 Å². The van der Waals surface area contributed by atoms with Crippen LogP contribution in [0.2, 0.25) is 0 Å². The lowest BCUT2D eigenvalue weighted by Crippen LogP contribution is -2.48. The highest BCUT2D eigenvalue weighted by Crippen LogP contribution is 2.47. The van der Waals surface area contributed by atoms with E-state index in [1.54, 1.807) is 17.3 Å². The fourth-order valence-electron chi connectivity index (χ4n) is 6.24. The lowest BCUT2D eigenvalue weighted by Gasteiger charge is -2.40. The van der Waals surface area contributed by atoms with Crippen LogP contribution in [0.5, 0.6) is 0 Å². The Morgan fingerprint density at radius 1 is 0.951 bits per heavy atom. The zero-order valence-corrected chi connectivity index (χ0v) is 22.6. The van der Waals surface area contributed by atoms with E-state index in [9.17, 15) is 14.4 Å². The molecule has 1 fully saturated rings. The zero-order valence-electron chi connectivity index (χ0n) is 22.6. The van der Waals surface area contributed by atoms with Crippen LogP contribution in [0, 0.1) is 6.92 Å². The molecule has 0 radical (unpaired) electrons. The van der Waals surface area contributed by atoms with E-state index in [2.05, 4.69) is 21.2 Å². The van der Waals surface area contributed by atoms with Crippen molar-refractivity contribution >= 4 is 23.1 Å². The van der Waals surface area contributed by atoms with Gasteiger partial charge in [-0.25, -0.2) is 4.98 Å². The molecule has 9 nitrogen and oxygen atoms in total. The number of para-hydroxylation sites is 1. The molecule has 0 saturated carbocycles. The second kappa shape index (κ2) is 9.55. The van der Waals surface area contributed by atoms with Gasteiger partial charge >= 0.3 is 0 Å². The molecule has 41 heavy (non-hydrogen) atoms. The number of amides is 2. The maximum absolute atomic E-state index is 13.8. The molecule has 204 valence electrons. The molecule has 7 rings (SSSR count). The number of hydrogen-bond donors (Lipinski definition) is 1. The number of piperidine rings is 1. The summed E-state index contributed by atoms with van der Waals surface area (Å²) in [4.78, 5) is 48.5. The molecule has 0 aliphatic carbocycles. The average Bonchev–Trinajstić information content (AvgIpc) is 3.65. The number of nitrogens with one attached hydrogen (secondary N) is 1. The van der Waals surface area contributed by atoms with Crippen LogP contribution in [0.15, 0.2) is 90.1 Å². The number of anilines is 1. The Balaban J connectivity index is 1.12. The van der Waals surface area contributed by atoms with Gasteiger partial charge in [-0.1, -0.05) is 30.3 Å². The number of H-pyrrole nitrogens is 1. The lowest BCUT2D eigenvalue weighted by molar-refractivity contribution is 0.0671. The Kier molecular flexibility index (Phi) is 5.81. The number of benzene rings is 2.